The van der Waals surface area contributed by atoms with Crippen LogP contribution in [0.25, 0.3) is 0 Å². The summed E-state index contributed by atoms with van der Waals surface area (Å²) in [4.78, 5) is 60.0. The van der Waals surface area contributed by atoms with Crippen LogP contribution in [-0.2, 0) is 24.0 Å². The van der Waals surface area contributed by atoms with Gasteiger partial charge >= 0.3 is 5.97 Å². The molecule has 0 saturated heterocycles. The molecule has 0 heterocycles. The van der Waals surface area contributed by atoms with Crippen molar-refractivity contribution in [1.82, 2.24) is 16.0 Å². The first-order chi connectivity index (χ1) is 15.6. The fraction of sp³-hybridized carbons (Fsp3) is 0.737. The minimum Gasteiger partial charge on any atom is -0.480 e. The molecule has 14 heteroatoms. The molecule has 0 aliphatic carbocycles. The van der Waals surface area contributed by atoms with Gasteiger partial charge < -0.3 is 44.0 Å². The Labute approximate surface area is 198 Å². The molecule has 0 spiro atoms. The molecule has 0 saturated carbocycles. The monoisotopic (exact) mass is 491 g/mol. The number of hydrogen-bond donors (Lipinski definition) is 9. The number of nitrogens with one attached hydrogen (secondary N) is 3. The van der Waals surface area contributed by atoms with Crippen LogP contribution < -0.4 is 38.9 Å². The summed E-state index contributed by atoms with van der Waals surface area (Å²) in [6, 6.07) is -4.58. The van der Waals surface area contributed by atoms with E-state index in [2.05, 4.69) is 28.6 Å². The zero-order valence-electron chi connectivity index (χ0n) is 18.6. The number of rotatable bonds is 18. The molecule has 0 aliphatic rings. The average molecular weight is 492 g/mol. The molecule has 0 fully saturated rings. The van der Waals surface area contributed by atoms with Gasteiger partial charge in [0, 0.05) is 5.75 Å². The zero-order chi connectivity index (χ0) is 25.4. The molecule has 0 aliphatic heterocycles. The summed E-state index contributed by atoms with van der Waals surface area (Å²) < 4.78 is 0. The van der Waals surface area contributed by atoms with Crippen LogP contribution in [-0.4, -0.2) is 77.7 Å². The van der Waals surface area contributed by atoms with Gasteiger partial charge in [-0.2, -0.15) is 12.6 Å². The van der Waals surface area contributed by atoms with Gasteiger partial charge in [-0.15, -0.1) is 0 Å². The van der Waals surface area contributed by atoms with E-state index < -0.39 is 60.2 Å². The van der Waals surface area contributed by atoms with E-state index in [0.717, 1.165) is 0 Å². The van der Waals surface area contributed by atoms with E-state index in [1.807, 2.05) is 0 Å². The Morgan fingerprint density at radius 2 is 1.21 bits per heavy atom. The maximum atomic E-state index is 12.8. The number of amides is 4. The molecule has 190 valence electrons. The number of aliphatic carboxylic acids is 1. The Bertz CT molecular complexity index is 667. The molecular formula is C19H37N7O6S. The molecule has 13 nitrogen and oxygen atoms in total. The molecule has 0 radical (unpaired) electrons. The van der Waals surface area contributed by atoms with Crippen LogP contribution >= 0.6 is 12.6 Å². The lowest BCUT2D eigenvalue weighted by Crippen LogP contribution is -2.57. The molecule has 0 rings (SSSR count). The van der Waals surface area contributed by atoms with Crippen molar-refractivity contribution < 1.29 is 29.1 Å². The molecule has 4 unspecified atom stereocenters. The number of unbranched alkanes of at least 4 members (excludes halogenated alkanes) is 2. The quantitative estimate of drug-likeness (QED) is 0.0695. The Morgan fingerprint density at radius 1 is 0.758 bits per heavy atom. The van der Waals surface area contributed by atoms with Gasteiger partial charge in [-0.3, -0.25) is 19.2 Å². The third-order valence-corrected chi connectivity index (χ3v) is 5.08. The first-order valence-electron chi connectivity index (χ1n) is 10.8. The van der Waals surface area contributed by atoms with E-state index in [1.54, 1.807) is 0 Å². The number of carboxylic acids is 1. The maximum Gasteiger partial charge on any atom is 0.326 e. The summed E-state index contributed by atoms with van der Waals surface area (Å²) in [7, 11) is 0. The highest BCUT2D eigenvalue weighted by atomic mass is 32.1. The maximum absolute atomic E-state index is 12.8. The van der Waals surface area contributed by atoms with Crippen LogP contribution in [0.15, 0.2) is 0 Å². The van der Waals surface area contributed by atoms with Crippen molar-refractivity contribution in [3.05, 3.63) is 0 Å². The van der Waals surface area contributed by atoms with Crippen LogP contribution in [0.3, 0.4) is 0 Å². The lowest BCUT2D eigenvalue weighted by molar-refractivity contribution is -0.142. The summed E-state index contributed by atoms with van der Waals surface area (Å²) in [6.07, 6.45) is 2.20. The SMILES string of the molecule is NCCCCC(NC(=O)C(CCCCN)NC(=O)C(CS)NC(=O)C(N)CC(N)=O)C(=O)O. The topological polar surface area (TPSA) is 246 Å². The van der Waals surface area contributed by atoms with Gasteiger partial charge in [0.1, 0.15) is 18.1 Å². The molecule has 0 aromatic carbocycles. The Balaban J connectivity index is 5.24. The summed E-state index contributed by atoms with van der Waals surface area (Å²) in [6.45, 7) is 0.782. The van der Waals surface area contributed by atoms with Crippen LogP contribution in [0.1, 0.15) is 44.9 Å². The van der Waals surface area contributed by atoms with Crippen molar-refractivity contribution in [1.29, 1.82) is 0 Å². The Kier molecular flexibility index (Phi) is 15.9. The number of thiol groups is 1. The first kappa shape index (κ1) is 30.6. The standard InChI is InChI=1S/C19H37N7O6S/c20-7-3-1-5-12(17(29)25-13(19(31)32)6-2-4-8-21)24-18(30)14(10-33)26-16(28)11(22)9-15(23)27/h11-14,33H,1-10,20-22H2,(H2,23,27)(H,24,30)(H,25,29)(H,26,28)(H,31,32). The summed E-state index contributed by atoms with van der Waals surface area (Å²) in [5, 5.41) is 16.7. The van der Waals surface area contributed by atoms with Gasteiger partial charge in [0.25, 0.3) is 0 Å². The molecule has 0 aromatic heterocycles. The highest BCUT2D eigenvalue weighted by molar-refractivity contribution is 7.80. The fourth-order valence-electron chi connectivity index (χ4n) is 2.84. The minimum atomic E-state index is -1.24. The van der Waals surface area contributed by atoms with E-state index in [0.29, 0.717) is 38.8 Å². The third-order valence-electron chi connectivity index (χ3n) is 4.71. The second kappa shape index (κ2) is 17.1. The van der Waals surface area contributed by atoms with Crippen LogP contribution in [0.5, 0.6) is 0 Å². The normalized spacial score (nSPS) is 14.4. The summed E-state index contributed by atoms with van der Waals surface area (Å²) in [5.74, 6) is -4.26. The smallest absolute Gasteiger partial charge is 0.326 e. The number of hydrogen-bond acceptors (Lipinski definition) is 9. The van der Waals surface area contributed by atoms with E-state index in [4.69, 9.17) is 22.9 Å². The van der Waals surface area contributed by atoms with E-state index in [1.165, 1.54) is 0 Å². The average Bonchev–Trinajstić information content (AvgIpc) is 2.75. The molecule has 33 heavy (non-hydrogen) atoms. The van der Waals surface area contributed by atoms with Crippen LogP contribution in [0, 0.1) is 0 Å². The predicted octanol–water partition coefficient (Wildman–Crippen LogP) is -3.08. The number of carbonyl (C=O) groups excluding carboxylic acids is 4. The van der Waals surface area contributed by atoms with Crippen molar-refractivity contribution in [2.75, 3.05) is 18.8 Å². The minimum absolute atomic E-state index is 0.116. The van der Waals surface area contributed by atoms with Gasteiger partial charge in [-0.1, -0.05) is 0 Å². The predicted molar refractivity (Wildman–Crippen MR) is 125 cm³/mol. The number of nitrogens with two attached hydrogens (primary N) is 4. The van der Waals surface area contributed by atoms with Crippen molar-refractivity contribution in [2.24, 2.45) is 22.9 Å². The van der Waals surface area contributed by atoms with Crippen LogP contribution in [0.2, 0.25) is 0 Å². The van der Waals surface area contributed by atoms with E-state index in [9.17, 15) is 29.1 Å². The van der Waals surface area contributed by atoms with Crippen LogP contribution in [0.4, 0.5) is 0 Å². The zero-order valence-corrected chi connectivity index (χ0v) is 19.5. The first-order valence-corrected chi connectivity index (χ1v) is 11.4. The number of carbonyl (C=O) groups is 5. The highest BCUT2D eigenvalue weighted by Crippen LogP contribution is 2.06. The largest absolute Gasteiger partial charge is 0.480 e. The number of carboxylic acid groups (broad SMARTS) is 1. The van der Waals surface area contributed by atoms with Gasteiger partial charge in [0.2, 0.25) is 23.6 Å². The number of primary amides is 1. The Hall–Kier alpha value is -2.42. The second-order valence-electron chi connectivity index (χ2n) is 7.55. The molecular weight excluding hydrogens is 454 g/mol. The van der Waals surface area contributed by atoms with Gasteiger partial charge in [-0.05, 0) is 51.6 Å². The summed E-state index contributed by atoms with van der Waals surface area (Å²) in [5.41, 5.74) is 21.5. The van der Waals surface area contributed by atoms with Gasteiger partial charge in [0.15, 0.2) is 0 Å². The third kappa shape index (κ3) is 13.0. The molecule has 4 amide bonds. The van der Waals surface area contributed by atoms with E-state index >= 15 is 0 Å². The highest BCUT2D eigenvalue weighted by Gasteiger charge is 2.29. The van der Waals surface area contributed by atoms with Crippen molar-refractivity contribution in [3.63, 3.8) is 0 Å². The molecule has 0 bridgehead atoms. The van der Waals surface area contributed by atoms with Crippen molar-refractivity contribution in [3.8, 4) is 0 Å². The summed E-state index contributed by atoms with van der Waals surface area (Å²) >= 11 is 4.04. The molecule has 4 atom stereocenters. The Morgan fingerprint density at radius 3 is 1.67 bits per heavy atom. The van der Waals surface area contributed by atoms with Crippen molar-refractivity contribution in [2.45, 2.75) is 69.1 Å². The van der Waals surface area contributed by atoms with Crippen molar-refractivity contribution >= 4 is 42.2 Å². The second-order valence-corrected chi connectivity index (χ2v) is 7.92. The van der Waals surface area contributed by atoms with E-state index in [-0.39, 0.29) is 18.6 Å². The van der Waals surface area contributed by atoms with Gasteiger partial charge in [-0.25, -0.2) is 4.79 Å². The fourth-order valence-corrected chi connectivity index (χ4v) is 3.10. The van der Waals surface area contributed by atoms with Gasteiger partial charge in [0.05, 0.1) is 12.5 Å². The lowest BCUT2D eigenvalue weighted by atomic mass is 10.1. The molecule has 0 aromatic rings. The molecule has 12 N–H and O–H groups in total. The lowest BCUT2D eigenvalue weighted by Gasteiger charge is -2.24.